The summed E-state index contributed by atoms with van der Waals surface area (Å²) in [6.45, 7) is 6.29. The standard InChI is InChI=1S/C27H31F3N6O3/c1-2-31-17-34-10-8-20(9-11-34)36-23-7-6-21(35-12-13-39-16-24(35)37)15-22(23)32-26(36)33-25(38)18-4-3-5-19(14-18)27(28,29)30/h3-7,14-15,20,31H,2,8-13,16-17H2,1H3,(H,32,33,38). The van der Waals surface area contributed by atoms with Crippen molar-refractivity contribution in [3.8, 4) is 0 Å². The molecule has 3 aromatic rings. The Morgan fingerprint density at radius 1 is 1.13 bits per heavy atom. The Labute approximate surface area is 223 Å². The van der Waals surface area contributed by atoms with Gasteiger partial charge in [0.15, 0.2) is 0 Å². The van der Waals surface area contributed by atoms with E-state index in [1.165, 1.54) is 12.1 Å². The molecule has 9 nitrogen and oxygen atoms in total. The monoisotopic (exact) mass is 544 g/mol. The number of imidazole rings is 1. The van der Waals surface area contributed by atoms with Crippen molar-refractivity contribution in [2.45, 2.75) is 32.0 Å². The SMILES string of the molecule is CCNCN1CCC(n2c(NC(=O)c3cccc(C(F)(F)F)c3)nc3cc(N4CCOCC4=O)ccc32)CC1. The molecule has 0 aliphatic carbocycles. The summed E-state index contributed by atoms with van der Waals surface area (Å²) in [7, 11) is 0. The molecular weight excluding hydrogens is 513 g/mol. The maximum Gasteiger partial charge on any atom is 0.416 e. The highest BCUT2D eigenvalue weighted by Gasteiger charge is 2.31. The number of carbonyl (C=O) groups excluding carboxylic acids is 2. The van der Waals surface area contributed by atoms with Crippen LogP contribution in [0.15, 0.2) is 42.5 Å². The van der Waals surface area contributed by atoms with Crippen LogP contribution in [0.3, 0.4) is 0 Å². The highest BCUT2D eigenvalue weighted by Crippen LogP contribution is 2.34. The predicted octanol–water partition coefficient (Wildman–Crippen LogP) is 3.87. The van der Waals surface area contributed by atoms with E-state index in [-0.39, 0.29) is 30.1 Å². The zero-order valence-corrected chi connectivity index (χ0v) is 21.6. The van der Waals surface area contributed by atoms with Gasteiger partial charge in [0.25, 0.3) is 11.8 Å². The van der Waals surface area contributed by atoms with Gasteiger partial charge in [0.2, 0.25) is 5.95 Å². The molecule has 2 aliphatic rings. The summed E-state index contributed by atoms with van der Waals surface area (Å²) in [5, 5.41) is 6.10. The van der Waals surface area contributed by atoms with Crippen LogP contribution in [0.4, 0.5) is 24.8 Å². The highest BCUT2D eigenvalue weighted by molar-refractivity contribution is 6.04. The lowest BCUT2D eigenvalue weighted by Crippen LogP contribution is -2.41. The number of likely N-dealkylation sites (tertiary alicyclic amines) is 1. The van der Waals surface area contributed by atoms with Gasteiger partial charge in [0.05, 0.1) is 23.2 Å². The third kappa shape index (κ3) is 5.92. The second-order valence-corrected chi connectivity index (χ2v) is 9.72. The molecule has 39 heavy (non-hydrogen) atoms. The number of halogens is 3. The third-order valence-electron chi connectivity index (χ3n) is 7.16. The van der Waals surface area contributed by atoms with E-state index in [0.29, 0.717) is 24.4 Å². The second kappa shape index (κ2) is 11.3. The molecule has 0 bridgehead atoms. The summed E-state index contributed by atoms with van der Waals surface area (Å²) < 4.78 is 46.9. The number of hydrogen-bond donors (Lipinski definition) is 2. The number of benzene rings is 2. The van der Waals surface area contributed by atoms with Crippen LogP contribution in [0.5, 0.6) is 0 Å². The van der Waals surface area contributed by atoms with E-state index in [1.807, 2.05) is 16.7 Å². The number of carbonyl (C=O) groups is 2. The maximum atomic E-state index is 13.2. The fraction of sp³-hybridized carbons (Fsp3) is 0.444. The van der Waals surface area contributed by atoms with Crippen molar-refractivity contribution in [1.29, 1.82) is 0 Å². The first kappa shape index (κ1) is 27.1. The van der Waals surface area contributed by atoms with Crippen LogP contribution in [0.2, 0.25) is 0 Å². The minimum atomic E-state index is -4.56. The van der Waals surface area contributed by atoms with Crippen molar-refractivity contribution in [2.75, 3.05) is 56.3 Å². The topological polar surface area (TPSA) is 91.7 Å². The van der Waals surface area contributed by atoms with E-state index < -0.39 is 17.6 Å². The Morgan fingerprint density at radius 3 is 2.64 bits per heavy atom. The number of hydrogen-bond acceptors (Lipinski definition) is 6. The van der Waals surface area contributed by atoms with E-state index in [4.69, 9.17) is 4.74 Å². The first-order valence-corrected chi connectivity index (χ1v) is 13.1. The van der Waals surface area contributed by atoms with Gasteiger partial charge >= 0.3 is 6.18 Å². The normalized spacial score (nSPS) is 17.6. The van der Waals surface area contributed by atoms with Gasteiger partial charge in [0, 0.05) is 43.6 Å². The molecule has 208 valence electrons. The first-order chi connectivity index (χ1) is 18.7. The van der Waals surface area contributed by atoms with Crippen molar-refractivity contribution >= 4 is 34.5 Å². The number of ether oxygens (including phenoxy) is 1. The molecule has 0 spiro atoms. The van der Waals surface area contributed by atoms with Crippen LogP contribution in [0.1, 0.15) is 41.7 Å². The average molecular weight is 545 g/mol. The van der Waals surface area contributed by atoms with Crippen molar-refractivity contribution in [3.63, 3.8) is 0 Å². The Kier molecular flexibility index (Phi) is 7.87. The van der Waals surface area contributed by atoms with Crippen LogP contribution < -0.4 is 15.5 Å². The summed E-state index contributed by atoms with van der Waals surface area (Å²) in [4.78, 5) is 34.2. The lowest BCUT2D eigenvalue weighted by molar-refractivity contribution is -0.137. The van der Waals surface area contributed by atoms with E-state index in [1.54, 1.807) is 11.0 Å². The Balaban J connectivity index is 1.47. The largest absolute Gasteiger partial charge is 0.416 e. The number of fused-ring (bicyclic) bond motifs is 1. The van der Waals surface area contributed by atoms with Crippen molar-refractivity contribution in [2.24, 2.45) is 0 Å². The molecular formula is C27H31F3N6O3. The molecule has 5 rings (SSSR count). The highest BCUT2D eigenvalue weighted by atomic mass is 19.4. The summed E-state index contributed by atoms with van der Waals surface area (Å²) in [5.74, 6) is -0.556. The fourth-order valence-corrected chi connectivity index (χ4v) is 5.12. The molecule has 2 amide bonds. The smallest absolute Gasteiger partial charge is 0.370 e. The third-order valence-corrected chi connectivity index (χ3v) is 7.16. The molecule has 0 atom stereocenters. The number of nitrogens with one attached hydrogen (secondary N) is 2. The van der Waals surface area contributed by atoms with Gasteiger partial charge in [0.1, 0.15) is 6.61 Å². The summed E-state index contributed by atoms with van der Waals surface area (Å²) in [6, 6.07) is 9.89. The van der Waals surface area contributed by atoms with Gasteiger partial charge in [-0.1, -0.05) is 13.0 Å². The molecule has 2 aromatic carbocycles. The van der Waals surface area contributed by atoms with Gasteiger partial charge in [-0.25, -0.2) is 4.98 Å². The van der Waals surface area contributed by atoms with Crippen molar-refractivity contribution in [3.05, 3.63) is 53.6 Å². The summed E-state index contributed by atoms with van der Waals surface area (Å²) >= 11 is 0. The van der Waals surface area contributed by atoms with Gasteiger partial charge in [-0.15, -0.1) is 0 Å². The molecule has 2 saturated heterocycles. The molecule has 3 heterocycles. The first-order valence-electron chi connectivity index (χ1n) is 13.1. The summed E-state index contributed by atoms with van der Waals surface area (Å²) in [5.41, 5.74) is 1.04. The number of rotatable bonds is 7. The van der Waals surface area contributed by atoms with Crippen LogP contribution in [0, 0.1) is 0 Å². The van der Waals surface area contributed by atoms with Crippen LogP contribution >= 0.6 is 0 Å². The molecule has 0 saturated carbocycles. The lowest BCUT2D eigenvalue weighted by Gasteiger charge is -2.33. The Hall–Kier alpha value is -3.48. The van der Waals surface area contributed by atoms with Gasteiger partial charge < -0.3 is 19.5 Å². The van der Waals surface area contributed by atoms with E-state index >= 15 is 0 Å². The Morgan fingerprint density at radius 2 is 1.92 bits per heavy atom. The number of nitrogens with zero attached hydrogens (tertiary/aromatic N) is 4. The zero-order chi connectivity index (χ0) is 27.6. The number of piperidine rings is 1. The molecule has 12 heteroatoms. The fourth-order valence-electron chi connectivity index (χ4n) is 5.12. The van der Waals surface area contributed by atoms with Crippen molar-refractivity contribution in [1.82, 2.24) is 19.8 Å². The zero-order valence-electron chi connectivity index (χ0n) is 21.6. The molecule has 2 fully saturated rings. The number of amides is 2. The predicted molar refractivity (Wildman–Crippen MR) is 141 cm³/mol. The van der Waals surface area contributed by atoms with Crippen LogP contribution in [0.25, 0.3) is 11.0 Å². The molecule has 2 N–H and O–H groups in total. The average Bonchev–Trinajstić information content (AvgIpc) is 3.29. The molecule has 1 aromatic heterocycles. The quantitative estimate of drug-likeness (QED) is 0.469. The minimum Gasteiger partial charge on any atom is -0.370 e. The van der Waals surface area contributed by atoms with Crippen LogP contribution in [-0.2, 0) is 15.7 Å². The van der Waals surface area contributed by atoms with Crippen LogP contribution in [-0.4, -0.2) is 72.3 Å². The maximum absolute atomic E-state index is 13.2. The van der Waals surface area contributed by atoms with Gasteiger partial charge in [-0.3, -0.25) is 19.8 Å². The number of anilines is 2. The lowest BCUT2D eigenvalue weighted by atomic mass is 10.0. The summed E-state index contributed by atoms with van der Waals surface area (Å²) in [6.07, 6.45) is -2.93. The molecule has 2 aliphatic heterocycles. The molecule has 0 unspecified atom stereocenters. The number of morpholine rings is 1. The van der Waals surface area contributed by atoms with Gasteiger partial charge in [-0.05, 0) is 55.8 Å². The van der Waals surface area contributed by atoms with Gasteiger partial charge in [-0.2, -0.15) is 13.2 Å². The minimum absolute atomic E-state index is 0.0102. The van der Waals surface area contributed by atoms with Crippen molar-refractivity contribution < 1.29 is 27.5 Å². The molecule has 0 radical (unpaired) electrons. The number of alkyl halides is 3. The van der Waals surface area contributed by atoms with E-state index in [0.717, 1.165) is 56.8 Å². The number of aromatic nitrogens is 2. The van der Waals surface area contributed by atoms with E-state index in [2.05, 4.69) is 27.4 Å². The second-order valence-electron chi connectivity index (χ2n) is 9.72. The Bertz CT molecular complexity index is 1350. The van der Waals surface area contributed by atoms with E-state index in [9.17, 15) is 22.8 Å².